The molecule has 96 valence electrons. The number of hydrogen-bond acceptors (Lipinski definition) is 3. The van der Waals surface area contributed by atoms with E-state index in [0.29, 0.717) is 10.6 Å². The number of rotatable bonds is 3. The Morgan fingerprint density at radius 1 is 1.11 bits per heavy atom. The van der Waals surface area contributed by atoms with E-state index in [1.165, 1.54) is 0 Å². The quantitative estimate of drug-likeness (QED) is 0.916. The van der Waals surface area contributed by atoms with Gasteiger partial charge in [0.15, 0.2) is 0 Å². The number of nitriles is 1. The van der Waals surface area contributed by atoms with Crippen molar-refractivity contribution in [2.45, 2.75) is 0 Å². The lowest BCUT2D eigenvalue weighted by molar-refractivity contribution is 1.13. The van der Waals surface area contributed by atoms with Crippen molar-refractivity contribution in [1.29, 1.82) is 5.26 Å². The Balaban J connectivity index is 2.34. The molecule has 0 radical (unpaired) electrons. The average Bonchev–Trinajstić information content (AvgIpc) is 2.41. The minimum atomic E-state index is 0.535. The van der Waals surface area contributed by atoms with Gasteiger partial charge in [-0.1, -0.05) is 23.7 Å². The SMILES string of the molecule is CN(C)c1ccccc1Nc1ccc(C#N)cc1Cl. The van der Waals surface area contributed by atoms with Gasteiger partial charge in [-0.15, -0.1) is 0 Å². The van der Waals surface area contributed by atoms with Crippen LogP contribution in [-0.4, -0.2) is 14.1 Å². The summed E-state index contributed by atoms with van der Waals surface area (Å²) in [5, 5.41) is 12.6. The van der Waals surface area contributed by atoms with Crippen molar-refractivity contribution in [2.75, 3.05) is 24.3 Å². The number of benzene rings is 2. The van der Waals surface area contributed by atoms with Crippen LogP contribution >= 0.6 is 11.6 Å². The van der Waals surface area contributed by atoms with Crippen molar-refractivity contribution >= 4 is 28.7 Å². The van der Waals surface area contributed by atoms with Crippen LogP contribution < -0.4 is 10.2 Å². The Hall–Kier alpha value is -2.18. The molecule has 2 aromatic rings. The molecule has 19 heavy (non-hydrogen) atoms. The van der Waals surface area contributed by atoms with Gasteiger partial charge in [-0.3, -0.25) is 0 Å². The van der Waals surface area contributed by atoms with Crippen LogP contribution in [0.2, 0.25) is 5.02 Å². The molecule has 0 fully saturated rings. The zero-order valence-corrected chi connectivity index (χ0v) is 11.6. The Morgan fingerprint density at radius 2 is 1.84 bits per heavy atom. The standard InChI is InChI=1S/C15H14ClN3/c1-19(2)15-6-4-3-5-14(15)18-13-8-7-11(10-17)9-12(13)16/h3-9,18H,1-2H3. The fourth-order valence-electron chi connectivity index (χ4n) is 1.80. The predicted octanol–water partition coefficient (Wildman–Crippen LogP) is 4.02. The molecule has 0 saturated heterocycles. The number of hydrogen-bond donors (Lipinski definition) is 1. The van der Waals surface area contributed by atoms with Gasteiger partial charge in [0.1, 0.15) is 0 Å². The summed E-state index contributed by atoms with van der Waals surface area (Å²) in [6.45, 7) is 0. The molecule has 3 nitrogen and oxygen atoms in total. The number of nitrogens with one attached hydrogen (secondary N) is 1. The molecule has 2 aromatic carbocycles. The third kappa shape index (κ3) is 2.98. The van der Waals surface area contributed by atoms with Crippen LogP contribution in [0.1, 0.15) is 5.56 Å². The van der Waals surface area contributed by atoms with Crippen molar-refractivity contribution in [2.24, 2.45) is 0 Å². The van der Waals surface area contributed by atoms with Crippen LogP contribution in [0, 0.1) is 11.3 Å². The van der Waals surface area contributed by atoms with Gasteiger partial charge in [0.25, 0.3) is 0 Å². The molecule has 0 aliphatic rings. The summed E-state index contributed by atoms with van der Waals surface area (Å²) in [6, 6.07) is 15.2. The van der Waals surface area contributed by atoms with E-state index in [4.69, 9.17) is 16.9 Å². The first kappa shape index (κ1) is 13.3. The number of para-hydroxylation sites is 2. The summed E-state index contributed by atoms with van der Waals surface area (Å²) in [5.41, 5.74) is 3.38. The second-order valence-electron chi connectivity index (χ2n) is 4.34. The average molecular weight is 272 g/mol. The summed E-state index contributed by atoms with van der Waals surface area (Å²) < 4.78 is 0. The van der Waals surface area contributed by atoms with Gasteiger partial charge in [-0.05, 0) is 30.3 Å². The van der Waals surface area contributed by atoms with E-state index in [-0.39, 0.29) is 0 Å². The van der Waals surface area contributed by atoms with E-state index in [9.17, 15) is 0 Å². The van der Waals surface area contributed by atoms with Gasteiger partial charge in [0.2, 0.25) is 0 Å². The molecule has 0 aliphatic heterocycles. The maximum Gasteiger partial charge on any atom is 0.0992 e. The van der Waals surface area contributed by atoms with Gasteiger partial charge in [0, 0.05) is 14.1 Å². The Bertz CT molecular complexity index is 630. The van der Waals surface area contributed by atoms with Gasteiger partial charge in [-0.2, -0.15) is 5.26 Å². The highest BCUT2D eigenvalue weighted by atomic mass is 35.5. The molecule has 0 aromatic heterocycles. The minimum absolute atomic E-state index is 0.535. The fourth-order valence-corrected chi connectivity index (χ4v) is 2.03. The Kier molecular flexibility index (Phi) is 3.94. The van der Waals surface area contributed by atoms with E-state index in [0.717, 1.165) is 17.1 Å². The van der Waals surface area contributed by atoms with Crippen LogP contribution in [0.3, 0.4) is 0 Å². The van der Waals surface area contributed by atoms with E-state index >= 15 is 0 Å². The molecule has 0 bridgehead atoms. The topological polar surface area (TPSA) is 39.1 Å². The van der Waals surface area contributed by atoms with Crippen LogP contribution in [0.25, 0.3) is 0 Å². The highest BCUT2D eigenvalue weighted by Gasteiger charge is 2.06. The van der Waals surface area contributed by atoms with Crippen LogP contribution in [0.4, 0.5) is 17.1 Å². The monoisotopic (exact) mass is 271 g/mol. The van der Waals surface area contributed by atoms with E-state index in [2.05, 4.69) is 11.4 Å². The van der Waals surface area contributed by atoms with Gasteiger partial charge in [0.05, 0.1) is 33.7 Å². The van der Waals surface area contributed by atoms with E-state index < -0.39 is 0 Å². The third-order valence-electron chi connectivity index (χ3n) is 2.75. The minimum Gasteiger partial charge on any atom is -0.376 e. The number of halogens is 1. The smallest absolute Gasteiger partial charge is 0.0992 e. The zero-order chi connectivity index (χ0) is 13.8. The summed E-state index contributed by atoms with van der Waals surface area (Å²) in [5.74, 6) is 0. The van der Waals surface area contributed by atoms with E-state index in [1.54, 1.807) is 12.1 Å². The second kappa shape index (κ2) is 5.64. The Morgan fingerprint density at radius 3 is 2.47 bits per heavy atom. The zero-order valence-electron chi connectivity index (χ0n) is 10.8. The Labute approximate surface area is 118 Å². The van der Waals surface area contributed by atoms with Crippen molar-refractivity contribution in [3.8, 4) is 6.07 Å². The fraction of sp³-hybridized carbons (Fsp3) is 0.133. The molecular weight excluding hydrogens is 258 g/mol. The molecule has 0 heterocycles. The van der Waals surface area contributed by atoms with Gasteiger partial charge < -0.3 is 10.2 Å². The molecular formula is C15H14ClN3. The van der Waals surface area contributed by atoms with Crippen LogP contribution in [0.15, 0.2) is 42.5 Å². The molecule has 4 heteroatoms. The predicted molar refractivity (Wildman–Crippen MR) is 80.2 cm³/mol. The summed E-state index contributed by atoms with van der Waals surface area (Å²) in [6.07, 6.45) is 0. The lowest BCUT2D eigenvalue weighted by Gasteiger charge is -2.18. The number of nitrogens with zero attached hydrogens (tertiary/aromatic N) is 2. The van der Waals surface area contributed by atoms with Crippen molar-refractivity contribution < 1.29 is 0 Å². The summed E-state index contributed by atoms with van der Waals surface area (Å²) >= 11 is 6.16. The molecule has 0 unspecified atom stereocenters. The third-order valence-corrected chi connectivity index (χ3v) is 3.07. The van der Waals surface area contributed by atoms with Gasteiger partial charge >= 0.3 is 0 Å². The van der Waals surface area contributed by atoms with Gasteiger partial charge in [-0.25, -0.2) is 0 Å². The molecule has 0 aliphatic carbocycles. The lowest BCUT2D eigenvalue weighted by Crippen LogP contribution is -2.10. The first-order valence-electron chi connectivity index (χ1n) is 5.85. The van der Waals surface area contributed by atoms with Crippen molar-refractivity contribution in [3.63, 3.8) is 0 Å². The molecule has 1 N–H and O–H groups in total. The summed E-state index contributed by atoms with van der Waals surface area (Å²) in [7, 11) is 3.97. The highest BCUT2D eigenvalue weighted by Crippen LogP contribution is 2.31. The van der Waals surface area contributed by atoms with Crippen molar-refractivity contribution in [3.05, 3.63) is 53.1 Å². The molecule has 0 atom stereocenters. The normalized spacial score (nSPS) is 9.79. The first-order chi connectivity index (χ1) is 9.11. The second-order valence-corrected chi connectivity index (χ2v) is 4.75. The molecule has 0 saturated carbocycles. The maximum absolute atomic E-state index is 8.82. The van der Waals surface area contributed by atoms with E-state index in [1.807, 2.05) is 49.3 Å². The maximum atomic E-state index is 8.82. The largest absolute Gasteiger partial charge is 0.376 e. The highest BCUT2D eigenvalue weighted by molar-refractivity contribution is 6.33. The molecule has 2 rings (SSSR count). The molecule has 0 spiro atoms. The van der Waals surface area contributed by atoms with Crippen molar-refractivity contribution in [1.82, 2.24) is 0 Å². The lowest BCUT2D eigenvalue weighted by atomic mass is 10.2. The first-order valence-corrected chi connectivity index (χ1v) is 6.22. The van der Waals surface area contributed by atoms with Crippen LogP contribution in [0.5, 0.6) is 0 Å². The van der Waals surface area contributed by atoms with Crippen LogP contribution in [-0.2, 0) is 0 Å². The summed E-state index contributed by atoms with van der Waals surface area (Å²) in [4.78, 5) is 2.03. The molecule has 0 amide bonds. The number of anilines is 3.